The molecule has 2 aromatic rings. The van der Waals surface area contributed by atoms with Crippen LogP contribution in [0.4, 0.5) is 5.69 Å². The van der Waals surface area contributed by atoms with Gasteiger partial charge in [0.1, 0.15) is 22.8 Å². The van der Waals surface area contributed by atoms with Gasteiger partial charge in [0.15, 0.2) is 11.4 Å². The van der Waals surface area contributed by atoms with Crippen LogP contribution in [0.15, 0.2) is 59.1 Å². The number of ketones is 2. The highest BCUT2D eigenvalue weighted by atomic mass is 16.5. The molecular formula is C28H24N2O7. The summed E-state index contributed by atoms with van der Waals surface area (Å²) in [5.74, 6) is 0.508. The van der Waals surface area contributed by atoms with E-state index in [1.807, 2.05) is 0 Å². The van der Waals surface area contributed by atoms with Crippen LogP contribution in [0.3, 0.4) is 0 Å². The van der Waals surface area contributed by atoms with Gasteiger partial charge >= 0.3 is 0 Å². The summed E-state index contributed by atoms with van der Waals surface area (Å²) in [5, 5.41) is 32.8. The summed E-state index contributed by atoms with van der Waals surface area (Å²) >= 11 is 0. The lowest BCUT2D eigenvalue weighted by molar-refractivity contribution is -0.144. The van der Waals surface area contributed by atoms with Crippen LogP contribution in [0.25, 0.3) is 0 Å². The second-order valence-electron chi connectivity index (χ2n) is 9.45. The van der Waals surface area contributed by atoms with Crippen LogP contribution >= 0.6 is 0 Å². The van der Waals surface area contributed by atoms with Gasteiger partial charge in [0.05, 0.1) is 12.7 Å². The van der Waals surface area contributed by atoms with Crippen LogP contribution in [-0.4, -0.2) is 45.5 Å². The normalized spacial score (nSPS) is 24.5. The van der Waals surface area contributed by atoms with E-state index >= 15 is 0 Å². The number of fused-ring (bicyclic) bond motifs is 3. The molecule has 37 heavy (non-hydrogen) atoms. The molecule has 188 valence electrons. The van der Waals surface area contributed by atoms with Gasteiger partial charge in [0.25, 0.3) is 5.91 Å². The number of primary amides is 1. The number of anilines is 1. The maximum Gasteiger partial charge on any atom is 0.255 e. The quantitative estimate of drug-likeness (QED) is 0.236. The number of nitrogens with two attached hydrogens (primary N) is 2. The van der Waals surface area contributed by atoms with Crippen molar-refractivity contribution in [1.82, 2.24) is 0 Å². The van der Waals surface area contributed by atoms with Crippen molar-refractivity contribution in [1.29, 1.82) is 0 Å². The zero-order valence-corrected chi connectivity index (χ0v) is 19.9. The highest BCUT2D eigenvalue weighted by Crippen LogP contribution is 2.51. The first-order chi connectivity index (χ1) is 17.6. The molecule has 0 spiro atoms. The second kappa shape index (κ2) is 8.54. The van der Waals surface area contributed by atoms with Crippen molar-refractivity contribution in [2.24, 2.45) is 17.6 Å². The molecule has 0 saturated carbocycles. The Bertz CT molecular complexity index is 1510. The summed E-state index contributed by atoms with van der Waals surface area (Å²) in [4.78, 5) is 38.6. The summed E-state index contributed by atoms with van der Waals surface area (Å²) in [6.07, 6.45) is 0.125. The van der Waals surface area contributed by atoms with Crippen LogP contribution in [-0.2, 0) is 16.0 Å². The molecule has 0 fully saturated rings. The number of hydrogen-bond donors (Lipinski definition) is 5. The predicted octanol–water partition coefficient (Wildman–Crippen LogP) is 1.87. The van der Waals surface area contributed by atoms with Gasteiger partial charge in [-0.25, -0.2) is 0 Å². The van der Waals surface area contributed by atoms with Gasteiger partial charge < -0.3 is 31.5 Å². The largest absolute Gasteiger partial charge is 0.511 e. The number of methoxy groups -OCH3 is 1. The molecule has 1 amide bonds. The molecule has 3 aliphatic carbocycles. The van der Waals surface area contributed by atoms with Crippen LogP contribution in [0.5, 0.6) is 5.75 Å². The number of allylic oxidation sites excluding steroid dienone is 2. The highest BCUT2D eigenvalue weighted by molar-refractivity contribution is 6.24. The molecule has 7 N–H and O–H groups in total. The van der Waals surface area contributed by atoms with E-state index in [9.17, 15) is 29.7 Å². The minimum atomic E-state index is -2.55. The summed E-state index contributed by atoms with van der Waals surface area (Å²) in [6, 6.07) is 10.4. The van der Waals surface area contributed by atoms with Gasteiger partial charge in [-0.1, -0.05) is 11.8 Å². The summed E-state index contributed by atoms with van der Waals surface area (Å²) in [6.45, 7) is 0. The van der Waals surface area contributed by atoms with Crippen LogP contribution < -0.4 is 16.2 Å². The third-order valence-electron chi connectivity index (χ3n) is 7.40. The lowest BCUT2D eigenvalue weighted by Gasteiger charge is -2.45. The molecule has 9 heteroatoms. The number of Topliss-reactive ketones (excluding diaryl/α,β-unsaturated/α-hetero) is 2. The average Bonchev–Trinajstić information content (AvgIpc) is 2.85. The van der Waals surface area contributed by atoms with Crippen molar-refractivity contribution in [2.75, 3.05) is 12.8 Å². The highest BCUT2D eigenvalue weighted by Gasteiger charge is 2.59. The Morgan fingerprint density at radius 1 is 1.08 bits per heavy atom. The van der Waals surface area contributed by atoms with E-state index in [1.165, 1.54) is 7.11 Å². The van der Waals surface area contributed by atoms with E-state index in [0.717, 1.165) is 5.56 Å². The number of benzene rings is 2. The molecule has 2 aromatic carbocycles. The van der Waals surface area contributed by atoms with Gasteiger partial charge in [-0.15, -0.1) is 0 Å². The van der Waals surface area contributed by atoms with E-state index < -0.39 is 52.0 Å². The van der Waals surface area contributed by atoms with Crippen LogP contribution in [0, 0.1) is 23.7 Å². The molecule has 0 radical (unpaired) electrons. The van der Waals surface area contributed by atoms with Crippen LogP contribution in [0.1, 0.15) is 39.9 Å². The molecule has 0 bridgehead atoms. The van der Waals surface area contributed by atoms with Gasteiger partial charge in [-0.3, -0.25) is 14.4 Å². The SMILES string of the molecule is COc1ccc(C#Cc2ccc(N)cc2)c2c1C(=O)C1=C(O)[C@]3(O)C(=O)C(C(N)=O)=C(O)C[C@@H]3CC1C2. The molecule has 9 nitrogen and oxygen atoms in total. The first-order valence-electron chi connectivity index (χ1n) is 11.6. The minimum Gasteiger partial charge on any atom is -0.511 e. The van der Waals surface area contributed by atoms with Crippen molar-refractivity contribution in [2.45, 2.75) is 24.9 Å². The molecule has 0 saturated heterocycles. The monoisotopic (exact) mass is 500 g/mol. The van der Waals surface area contributed by atoms with E-state index in [1.54, 1.807) is 36.4 Å². The summed E-state index contributed by atoms with van der Waals surface area (Å²) in [7, 11) is 1.41. The molecule has 3 atom stereocenters. The van der Waals surface area contributed by atoms with E-state index in [4.69, 9.17) is 16.2 Å². The Labute approximate surface area is 212 Å². The van der Waals surface area contributed by atoms with E-state index in [0.29, 0.717) is 16.8 Å². The number of aliphatic hydroxyl groups is 3. The number of aliphatic hydroxyl groups excluding tert-OH is 2. The Morgan fingerprint density at radius 2 is 1.78 bits per heavy atom. The fraction of sp³-hybridized carbons (Fsp3) is 0.250. The van der Waals surface area contributed by atoms with Gasteiger partial charge in [-0.2, -0.15) is 0 Å². The zero-order valence-electron chi connectivity index (χ0n) is 19.9. The number of carbonyl (C=O) groups excluding carboxylic acids is 3. The van der Waals surface area contributed by atoms with Gasteiger partial charge in [-0.05, 0) is 60.7 Å². The number of ether oxygens (including phenoxy) is 1. The Hall–Kier alpha value is -4.55. The van der Waals surface area contributed by atoms with Crippen LogP contribution in [0.2, 0.25) is 0 Å². The number of amides is 1. The lowest BCUT2D eigenvalue weighted by atomic mass is 9.60. The van der Waals surface area contributed by atoms with E-state index in [-0.39, 0.29) is 36.1 Å². The topological polar surface area (TPSA) is 173 Å². The smallest absolute Gasteiger partial charge is 0.255 e. The first-order valence-corrected chi connectivity index (χ1v) is 11.6. The number of rotatable bonds is 2. The number of hydrogen-bond acceptors (Lipinski definition) is 8. The van der Waals surface area contributed by atoms with E-state index in [2.05, 4.69) is 11.8 Å². The fourth-order valence-electron chi connectivity index (χ4n) is 5.60. The van der Waals surface area contributed by atoms with Crippen molar-refractivity contribution >= 4 is 23.2 Å². The minimum absolute atomic E-state index is 0.102. The first kappa shape index (κ1) is 24.2. The third-order valence-corrected chi connectivity index (χ3v) is 7.40. The molecule has 0 aliphatic heterocycles. The zero-order chi connectivity index (χ0) is 26.6. The molecule has 1 unspecified atom stereocenters. The third kappa shape index (κ3) is 3.57. The van der Waals surface area contributed by atoms with Gasteiger partial charge in [0.2, 0.25) is 5.78 Å². The van der Waals surface area contributed by atoms with Crippen molar-refractivity contribution < 1.29 is 34.4 Å². The lowest BCUT2D eigenvalue weighted by Crippen LogP contribution is -2.57. The van der Waals surface area contributed by atoms with Gasteiger partial charge in [0, 0.05) is 34.7 Å². The predicted molar refractivity (Wildman–Crippen MR) is 133 cm³/mol. The molecule has 0 heterocycles. The summed E-state index contributed by atoms with van der Waals surface area (Å²) < 4.78 is 5.43. The maximum absolute atomic E-state index is 13.8. The molecular weight excluding hydrogens is 476 g/mol. The Morgan fingerprint density at radius 3 is 2.43 bits per heavy atom. The Kier molecular flexibility index (Phi) is 5.57. The molecule has 5 rings (SSSR count). The number of nitrogen functional groups attached to an aromatic ring is 1. The van der Waals surface area contributed by atoms with Crippen molar-refractivity contribution in [3.05, 3.63) is 81.3 Å². The maximum atomic E-state index is 13.8. The standard InChI is InChI=1S/C28H24N2O7/c1-37-20-9-6-14(5-2-13-3-7-17(29)8-4-13)18-11-15-10-16-12-19(31)23(27(30)35)26(34)28(16,36)25(33)21(15)24(32)22(18)20/h3-4,6-9,15-16,31,33,36H,10-12,29H2,1H3,(H2,30,35)/t15?,16-,28-/m0/s1. The molecule has 0 aromatic heterocycles. The second-order valence-corrected chi connectivity index (χ2v) is 9.45. The molecule has 3 aliphatic rings. The van der Waals surface area contributed by atoms with Crippen molar-refractivity contribution in [3.8, 4) is 17.6 Å². The van der Waals surface area contributed by atoms with Crippen molar-refractivity contribution in [3.63, 3.8) is 0 Å². The number of carbonyl (C=O) groups is 3. The fourth-order valence-corrected chi connectivity index (χ4v) is 5.60. The Balaban J connectivity index is 1.64. The average molecular weight is 501 g/mol. The summed E-state index contributed by atoms with van der Waals surface area (Å²) in [5.41, 5.74) is 10.3.